The topological polar surface area (TPSA) is 126 Å². The van der Waals surface area contributed by atoms with Gasteiger partial charge in [0.2, 0.25) is 28.6 Å². The summed E-state index contributed by atoms with van der Waals surface area (Å²) in [6, 6.07) is 6.17. The van der Waals surface area contributed by atoms with Crippen LogP contribution in [0.3, 0.4) is 0 Å². The summed E-state index contributed by atoms with van der Waals surface area (Å²) in [6.07, 6.45) is 0.330. The molecule has 0 spiro atoms. The maximum atomic E-state index is 14.6. The molecule has 0 aliphatic carbocycles. The lowest BCUT2D eigenvalue weighted by atomic mass is 10.0. The molecule has 4 heterocycles. The van der Waals surface area contributed by atoms with Gasteiger partial charge in [0.1, 0.15) is 11.9 Å². The highest BCUT2D eigenvalue weighted by Crippen LogP contribution is 2.37. The normalized spacial score (nSPS) is 21.9. The van der Waals surface area contributed by atoms with Crippen LogP contribution in [0.4, 0.5) is 10.1 Å². The van der Waals surface area contributed by atoms with Crippen LogP contribution in [0.2, 0.25) is 0 Å². The monoisotopic (exact) mass is 530 g/mol. The number of fused-ring (bicyclic) bond motifs is 2. The van der Waals surface area contributed by atoms with Gasteiger partial charge in [-0.3, -0.25) is 19.7 Å². The van der Waals surface area contributed by atoms with Crippen LogP contribution in [0, 0.1) is 5.82 Å². The smallest absolute Gasteiger partial charge is 0.255 e. The third-order valence-electron chi connectivity index (χ3n) is 7.16. The van der Waals surface area contributed by atoms with E-state index in [-0.39, 0.29) is 68.7 Å². The Morgan fingerprint density at radius 2 is 1.73 bits per heavy atom. The van der Waals surface area contributed by atoms with Crippen LogP contribution in [0.25, 0.3) is 0 Å². The molecular formula is C24H23FN4O7S. The molecule has 0 radical (unpaired) electrons. The zero-order chi connectivity index (χ0) is 25.9. The molecule has 11 nitrogen and oxygen atoms in total. The summed E-state index contributed by atoms with van der Waals surface area (Å²) in [5.74, 6) is -1.12. The van der Waals surface area contributed by atoms with Gasteiger partial charge in [0.15, 0.2) is 11.5 Å². The summed E-state index contributed by atoms with van der Waals surface area (Å²) in [7, 11) is -3.79. The molecule has 1 N–H and O–H groups in total. The lowest BCUT2D eigenvalue weighted by Gasteiger charge is -2.36. The van der Waals surface area contributed by atoms with Gasteiger partial charge in [0.25, 0.3) is 5.91 Å². The number of amides is 3. The Morgan fingerprint density at radius 1 is 0.973 bits per heavy atom. The molecule has 3 amide bonds. The molecule has 37 heavy (non-hydrogen) atoms. The van der Waals surface area contributed by atoms with Crippen LogP contribution in [0.15, 0.2) is 35.2 Å². The third-order valence-corrected chi connectivity index (χ3v) is 9.05. The van der Waals surface area contributed by atoms with Gasteiger partial charge in [0, 0.05) is 62.0 Å². The number of carbonyl (C=O) groups is 3. The number of piperazine rings is 1. The minimum absolute atomic E-state index is 0.0406. The molecule has 2 saturated heterocycles. The highest BCUT2D eigenvalue weighted by atomic mass is 32.2. The molecular weight excluding hydrogens is 507 g/mol. The van der Waals surface area contributed by atoms with E-state index in [1.54, 1.807) is 6.07 Å². The fourth-order valence-electron chi connectivity index (χ4n) is 5.25. The fourth-order valence-corrected chi connectivity index (χ4v) is 6.68. The van der Waals surface area contributed by atoms with E-state index in [1.165, 1.54) is 27.4 Å². The average Bonchev–Trinajstić information content (AvgIpc) is 3.48. The molecule has 2 aromatic carbocycles. The van der Waals surface area contributed by atoms with E-state index in [0.29, 0.717) is 22.7 Å². The maximum Gasteiger partial charge on any atom is 0.255 e. The molecule has 1 unspecified atom stereocenters. The summed E-state index contributed by atoms with van der Waals surface area (Å²) in [5.41, 5.74) is 1.26. The Hall–Kier alpha value is -3.71. The van der Waals surface area contributed by atoms with Crippen molar-refractivity contribution in [3.63, 3.8) is 0 Å². The number of imide groups is 1. The molecule has 4 aliphatic heterocycles. The minimum Gasteiger partial charge on any atom is -0.454 e. The predicted octanol–water partition coefficient (Wildman–Crippen LogP) is 0.826. The molecule has 2 fully saturated rings. The van der Waals surface area contributed by atoms with Gasteiger partial charge in [-0.1, -0.05) is 0 Å². The summed E-state index contributed by atoms with van der Waals surface area (Å²) in [4.78, 5) is 40.3. The first kappa shape index (κ1) is 23.7. The fraction of sp³-hybridized carbons (Fsp3) is 0.375. The second-order valence-corrected chi connectivity index (χ2v) is 11.2. The second kappa shape index (κ2) is 8.70. The maximum absolute atomic E-state index is 14.6. The Kier molecular flexibility index (Phi) is 5.57. The minimum atomic E-state index is -3.79. The van der Waals surface area contributed by atoms with Crippen molar-refractivity contribution in [3.8, 4) is 11.5 Å². The molecule has 13 heteroatoms. The number of piperidine rings is 1. The van der Waals surface area contributed by atoms with Crippen LogP contribution in [-0.2, 0) is 26.2 Å². The number of ether oxygens (including phenoxy) is 2. The Balaban J connectivity index is 1.21. The number of hydrogen-bond acceptors (Lipinski definition) is 8. The van der Waals surface area contributed by atoms with Crippen molar-refractivity contribution in [1.29, 1.82) is 0 Å². The molecule has 0 bridgehead atoms. The number of rotatable bonds is 4. The molecule has 1 atom stereocenters. The van der Waals surface area contributed by atoms with Crippen LogP contribution in [0.1, 0.15) is 28.8 Å². The number of sulfonamides is 1. The van der Waals surface area contributed by atoms with Crippen molar-refractivity contribution in [1.82, 2.24) is 14.5 Å². The number of benzene rings is 2. The number of anilines is 1. The second-order valence-electron chi connectivity index (χ2n) is 9.26. The van der Waals surface area contributed by atoms with Crippen molar-refractivity contribution < 1.29 is 36.7 Å². The first-order valence-corrected chi connectivity index (χ1v) is 13.3. The van der Waals surface area contributed by atoms with Crippen molar-refractivity contribution in [2.45, 2.75) is 30.3 Å². The van der Waals surface area contributed by atoms with Crippen molar-refractivity contribution in [3.05, 3.63) is 47.3 Å². The first-order chi connectivity index (χ1) is 17.7. The summed E-state index contributed by atoms with van der Waals surface area (Å²) in [5, 5.41) is 2.26. The molecule has 6 rings (SSSR count). The zero-order valence-electron chi connectivity index (χ0n) is 19.6. The highest BCUT2D eigenvalue weighted by Gasteiger charge is 2.41. The van der Waals surface area contributed by atoms with Crippen molar-refractivity contribution >= 4 is 33.4 Å². The van der Waals surface area contributed by atoms with E-state index in [1.807, 2.05) is 4.90 Å². The van der Waals surface area contributed by atoms with Gasteiger partial charge in [-0.25, -0.2) is 12.8 Å². The number of carbonyl (C=O) groups excluding carboxylic acids is 3. The summed E-state index contributed by atoms with van der Waals surface area (Å²) >= 11 is 0. The average molecular weight is 531 g/mol. The van der Waals surface area contributed by atoms with Gasteiger partial charge in [0.05, 0.1) is 4.90 Å². The van der Waals surface area contributed by atoms with Crippen LogP contribution in [-0.4, -0.2) is 74.4 Å². The molecule has 0 aromatic heterocycles. The SMILES string of the molecule is O=C1CCC(N2Cc3c(cc(F)cc3N3CCN(S(=O)(=O)c4ccc5c(c4)OCO5)CC3)C2=O)C(=O)N1. The van der Waals surface area contributed by atoms with E-state index in [4.69, 9.17) is 9.47 Å². The lowest BCUT2D eigenvalue weighted by Crippen LogP contribution is -2.52. The Morgan fingerprint density at radius 3 is 2.49 bits per heavy atom. The summed E-state index contributed by atoms with van der Waals surface area (Å²) in [6.45, 7) is 1.03. The number of nitrogens with zero attached hydrogens (tertiary/aromatic N) is 3. The largest absolute Gasteiger partial charge is 0.454 e. The highest BCUT2D eigenvalue weighted by molar-refractivity contribution is 7.89. The van der Waals surface area contributed by atoms with Gasteiger partial charge < -0.3 is 19.3 Å². The zero-order valence-corrected chi connectivity index (χ0v) is 20.4. The number of halogens is 1. The molecule has 0 saturated carbocycles. The van der Waals surface area contributed by atoms with E-state index in [9.17, 15) is 27.2 Å². The van der Waals surface area contributed by atoms with Gasteiger partial charge in [-0.05, 0) is 30.7 Å². The van der Waals surface area contributed by atoms with E-state index < -0.39 is 33.7 Å². The number of nitrogens with one attached hydrogen (secondary N) is 1. The van der Waals surface area contributed by atoms with Gasteiger partial charge in [-0.2, -0.15) is 4.31 Å². The Bertz CT molecular complexity index is 1440. The lowest BCUT2D eigenvalue weighted by molar-refractivity contribution is -0.136. The van der Waals surface area contributed by atoms with E-state index in [0.717, 1.165) is 6.07 Å². The van der Waals surface area contributed by atoms with Gasteiger partial charge in [-0.15, -0.1) is 0 Å². The van der Waals surface area contributed by atoms with Crippen LogP contribution in [0.5, 0.6) is 11.5 Å². The number of hydrogen-bond donors (Lipinski definition) is 1. The van der Waals surface area contributed by atoms with Crippen LogP contribution >= 0.6 is 0 Å². The quantitative estimate of drug-likeness (QED) is 0.577. The van der Waals surface area contributed by atoms with Crippen molar-refractivity contribution in [2.24, 2.45) is 0 Å². The first-order valence-electron chi connectivity index (χ1n) is 11.8. The van der Waals surface area contributed by atoms with Gasteiger partial charge >= 0.3 is 0 Å². The van der Waals surface area contributed by atoms with Crippen LogP contribution < -0.4 is 19.7 Å². The predicted molar refractivity (Wildman–Crippen MR) is 126 cm³/mol. The third kappa shape index (κ3) is 3.98. The summed E-state index contributed by atoms with van der Waals surface area (Å²) < 4.78 is 53.0. The molecule has 194 valence electrons. The van der Waals surface area contributed by atoms with E-state index >= 15 is 0 Å². The molecule has 4 aliphatic rings. The molecule has 2 aromatic rings. The van der Waals surface area contributed by atoms with Crippen molar-refractivity contribution in [2.75, 3.05) is 37.9 Å². The Labute approximate surface area is 211 Å². The van der Waals surface area contributed by atoms with E-state index in [2.05, 4.69) is 5.32 Å². The standard InChI is InChI=1S/C24H23FN4O7S/c25-14-9-16-17(12-29(24(16)32)18-2-4-22(30)26-23(18)31)19(10-14)27-5-7-28(8-6-27)37(33,34)15-1-3-20-21(11-15)36-13-35-20/h1,3,9-11,18H,2,4-8,12-13H2,(H,26,30,31).